The second-order valence-electron chi connectivity index (χ2n) is 38.8. The van der Waals surface area contributed by atoms with Crippen molar-refractivity contribution in [2.24, 2.45) is 0 Å². The zero-order valence-corrected chi connectivity index (χ0v) is 73.8. The lowest BCUT2D eigenvalue weighted by atomic mass is 9.79. The van der Waals surface area contributed by atoms with Gasteiger partial charge < -0.3 is 8.83 Å². The van der Waals surface area contributed by atoms with Gasteiger partial charge in [0.1, 0.15) is 22.3 Å². The summed E-state index contributed by atoms with van der Waals surface area (Å²) in [5.41, 5.74) is 49.6. The predicted molar refractivity (Wildman–Crippen MR) is 535 cm³/mol. The van der Waals surface area contributed by atoms with Crippen LogP contribution in [-0.4, -0.2) is 0 Å². The molecule has 18 aromatic carbocycles. The molecule has 0 saturated carbocycles. The first-order chi connectivity index (χ1) is 62.4. The Balaban J connectivity index is 0.493. The molecule has 0 bridgehead atoms. The van der Waals surface area contributed by atoms with Gasteiger partial charge in [0.05, 0.1) is 0 Å². The van der Waals surface area contributed by atoms with Crippen LogP contribution in [0.4, 0.5) is 0 Å². The van der Waals surface area contributed by atoms with Crippen LogP contribution in [0.15, 0.2) is 397 Å². The van der Waals surface area contributed by atoms with Gasteiger partial charge in [-0.05, 0) is 275 Å². The van der Waals surface area contributed by atoms with Gasteiger partial charge in [0.2, 0.25) is 0 Å². The van der Waals surface area contributed by atoms with Crippen molar-refractivity contribution in [2.45, 2.75) is 115 Å². The monoisotopic (exact) mass is 1640 g/mol. The van der Waals surface area contributed by atoms with E-state index < -0.39 is 0 Å². The minimum Gasteiger partial charge on any atom is -0.456 e. The summed E-state index contributed by atoms with van der Waals surface area (Å²) >= 11 is 0. The number of benzene rings is 18. The molecule has 2 heterocycles. The first kappa shape index (κ1) is 77.2. The molecule has 0 N–H and O–H groups in total. The third kappa shape index (κ3) is 12.6. The molecule has 0 spiro atoms. The minimum absolute atomic E-state index is 0.0922. The van der Waals surface area contributed by atoms with Gasteiger partial charge in [-0.3, -0.25) is 0 Å². The molecular formula is C126H98O2. The summed E-state index contributed by atoms with van der Waals surface area (Å²) in [5.74, 6) is 0.344. The van der Waals surface area contributed by atoms with Crippen molar-refractivity contribution in [3.8, 4) is 122 Å². The Morgan fingerprint density at radius 2 is 0.508 bits per heavy atom. The summed E-state index contributed by atoms with van der Waals surface area (Å²) in [6.45, 7) is 19.3. The fourth-order valence-corrected chi connectivity index (χ4v) is 23.1. The Labute approximate surface area is 750 Å². The first-order valence-electron chi connectivity index (χ1n) is 45.9. The quantitative estimate of drug-likeness (QED) is 0.0908. The molecule has 128 heavy (non-hydrogen) atoms. The van der Waals surface area contributed by atoms with E-state index in [9.17, 15) is 0 Å². The SMILES string of the molecule is CC1(C)c2cc(CCC(c3ccc(-c4ccccc4-c4cccc(-c5cccc6c5oc5cc(-c7ccc8c(c7)C(C)(C)c7cc(CCC(c9ccc(-c%10cccc(-c%11ccccc%11)c%10)cc9)c9ccc%10c(c9)C(C)(C)c9ccccc9-%10)ccc7-8)ccc56)c4)cc3)c3ccc4c(c3)C(C)(C)c3ccccc3-4)ccc2-c2ccc(-c3ccc4c(c3)oc3ccccc34)cc21. The Morgan fingerprint density at radius 3 is 1.05 bits per heavy atom. The number of furan rings is 2. The molecule has 20 aromatic rings. The van der Waals surface area contributed by atoms with Crippen molar-refractivity contribution in [3.63, 3.8) is 0 Å². The number of hydrogen-bond donors (Lipinski definition) is 0. The lowest BCUT2D eigenvalue weighted by Gasteiger charge is -2.25. The number of fused-ring (bicyclic) bond motifs is 18. The number of hydrogen-bond acceptors (Lipinski definition) is 2. The van der Waals surface area contributed by atoms with Crippen LogP contribution >= 0.6 is 0 Å². The molecule has 2 heteroatoms. The number of aryl methyl sites for hydroxylation is 2. The molecule has 2 atom stereocenters. The van der Waals surface area contributed by atoms with Gasteiger partial charge in [0, 0.05) is 60.6 Å². The van der Waals surface area contributed by atoms with E-state index in [0.717, 1.165) is 91.8 Å². The van der Waals surface area contributed by atoms with Crippen molar-refractivity contribution in [1.82, 2.24) is 0 Å². The lowest BCUT2D eigenvalue weighted by molar-refractivity contribution is 0.652. The molecule has 4 aliphatic rings. The van der Waals surface area contributed by atoms with Crippen LogP contribution in [-0.2, 0) is 34.5 Å². The summed E-state index contributed by atoms with van der Waals surface area (Å²) in [6, 6.07) is 147. The standard InChI is InChI=1S/C126H98O2/c1-123(2)111-36-17-14-31-99(111)103-63-55-92(73-117(103)123)94(81-45-43-80(44-46-81)85-26-20-25-84(69-85)79-23-10-9-11-24-79)57-39-77-41-59-102-106-62-52-87(72-116(106)126(7,8)114(102)67-77)89-54-66-109-110-35-22-34-98(122(110)128-121(109)76-89)91-28-21-27-90(70-91)97-30-13-12-29-96(97)83-49-47-82(48-50-83)95(93-56-64-104-100-32-15-18-37-112(100)124(3,4)118(104)74-93)58-40-78-42-60-101-105-61-51-86(71-115(105)125(5,6)113(101)68-78)88-53-65-108-107-33-16-19-38-119(107)127-120(108)75-88/h9-38,41-56,59-76,94-95H,39-40,57-58H2,1-8H3. The van der Waals surface area contributed by atoms with Crippen LogP contribution in [0.1, 0.15) is 158 Å². The Bertz CT molecular complexity index is 7920. The van der Waals surface area contributed by atoms with E-state index in [2.05, 4.69) is 438 Å². The maximum atomic E-state index is 7.13. The van der Waals surface area contributed by atoms with E-state index in [4.69, 9.17) is 8.83 Å². The van der Waals surface area contributed by atoms with Crippen LogP contribution < -0.4 is 0 Å². The summed E-state index contributed by atoms with van der Waals surface area (Å²) in [7, 11) is 0. The van der Waals surface area contributed by atoms with Crippen LogP contribution in [0, 0.1) is 0 Å². The molecule has 2 aromatic heterocycles. The Hall–Kier alpha value is -14.4. The van der Waals surface area contributed by atoms with Gasteiger partial charge >= 0.3 is 0 Å². The molecule has 4 aliphatic carbocycles. The minimum atomic E-state index is -0.218. The molecule has 0 saturated heterocycles. The number of para-hydroxylation sites is 2. The lowest BCUT2D eigenvalue weighted by Crippen LogP contribution is -2.16. The highest BCUT2D eigenvalue weighted by molar-refractivity contribution is 6.11. The topological polar surface area (TPSA) is 26.3 Å². The van der Waals surface area contributed by atoms with Gasteiger partial charge in [0.15, 0.2) is 0 Å². The van der Waals surface area contributed by atoms with Gasteiger partial charge in [-0.2, -0.15) is 0 Å². The second-order valence-corrected chi connectivity index (χ2v) is 38.8. The molecule has 2 unspecified atom stereocenters. The highest BCUT2D eigenvalue weighted by Gasteiger charge is 2.41. The first-order valence-corrected chi connectivity index (χ1v) is 45.9. The summed E-state index contributed by atoms with van der Waals surface area (Å²) in [4.78, 5) is 0. The van der Waals surface area contributed by atoms with E-state index in [0.29, 0.717) is 0 Å². The summed E-state index contributed by atoms with van der Waals surface area (Å²) < 4.78 is 13.5. The maximum absolute atomic E-state index is 7.13. The zero-order valence-electron chi connectivity index (χ0n) is 73.8. The van der Waals surface area contributed by atoms with Crippen molar-refractivity contribution in [3.05, 3.63) is 466 Å². The van der Waals surface area contributed by atoms with Crippen LogP contribution in [0.3, 0.4) is 0 Å². The maximum Gasteiger partial charge on any atom is 0.143 e. The molecule has 0 radical (unpaired) electrons. The Morgan fingerprint density at radius 1 is 0.188 bits per heavy atom. The molecule has 0 amide bonds. The fraction of sp³-hybridized carbons (Fsp3) is 0.143. The Kier molecular flexibility index (Phi) is 17.8. The smallest absolute Gasteiger partial charge is 0.143 e. The van der Waals surface area contributed by atoms with Crippen LogP contribution in [0.2, 0.25) is 0 Å². The highest BCUT2D eigenvalue weighted by atomic mass is 16.3. The highest BCUT2D eigenvalue weighted by Crippen LogP contribution is 2.56. The summed E-state index contributed by atoms with van der Waals surface area (Å²) in [5, 5.41) is 4.53. The normalized spacial score (nSPS) is 14.7. The third-order valence-electron chi connectivity index (χ3n) is 30.1. The van der Waals surface area contributed by atoms with Crippen LogP contribution in [0.5, 0.6) is 0 Å². The van der Waals surface area contributed by atoms with Gasteiger partial charge in [-0.1, -0.05) is 389 Å². The van der Waals surface area contributed by atoms with Crippen LogP contribution in [0.25, 0.3) is 166 Å². The van der Waals surface area contributed by atoms with Gasteiger partial charge in [0.25, 0.3) is 0 Å². The van der Waals surface area contributed by atoms with E-state index in [-0.39, 0.29) is 33.5 Å². The third-order valence-corrected chi connectivity index (χ3v) is 30.1. The second kappa shape index (κ2) is 29.6. The molecule has 0 aliphatic heterocycles. The van der Waals surface area contributed by atoms with Crippen molar-refractivity contribution < 1.29 is 8.83 Å². The molecule has 24 rings (SSSR count). The van der Waals surface area contributed by atoms with Gasteiger partial charge in [-0.15, -0.1) is 0 Å². The van der Waals surface area contributed by atoms with Crippen molar-refractivity contribution in [2.75, 3.05) is 0 Å². The predicted octanol–water partition coefficient (Wildman–Crippen LogP) is 33.9. The van der Waals surface area contributed by atoms with Gasteiger partial charge in [-0.25, -0.2) is 0 Å². The molecular weight excluding hydrogens is 1550 g/mol. The van der Waals surface area contributed by atoms with E-state index in [1.807, 2.05) is 6.07 Å². The fourth-order valence-electron chi connectivity index (χ4n) is 23.1. The van der Waals surface area contributed by atoms with E-state index >= 15 is 0 Å². The average molecular weight is 1640 g/mol. The number of rotatable bonds is 17. The van der Waals surface area contributed by atoms with E-state index in [1.54, 1.807) is 0 Å². The average Bonchev–Trinajstić information content (AvgIpc) is 1.56. The largest absolute Gasteiger partial charge is 0.456 e. The van der Waals surface area contributed by atoms with E-state index in [1.165, 1.54) is 178 Å². The summed E-state index contributed by atoms with van der Waals surface area (Å²) in [6.07, 6.45) is 3.82. The molecule has 614 valence electrons. The van der Waals surface area contributed by atoms with Crippen molar-refractivity contribution >= 4 is 43.9 Å². The molecule has 2 nitrogen and oxygen atoms in total. The molecule has 0 fully saturated rings. The van der Waals surface area contributed by atoms with Crippen molar-refractivity contribution in [1.29, 1.82) is 0 Å². The zero-order chi connectivity index (χ0) is 86.1.